The molecule has 1 aromatic carbocycles. The van der Waals surface area contributed by atoms with Gasteiger partial charge in [0.05, 0.1) is 19.1 Å². The first kappa shape index (κ1) is 11.1. The highest BCUT2D eigenvalue weighted by atomic mass is 79.9. The van der Waals surface area contributed by atoms with Gasteiger partial charge in [0.2, 0.25) is 0 Å². The van der Waals surface area contributed by atoms with E-state index in [1.54, 1.807) is 7.11 Å². The zero-order chi connectivity index (χ0) is 10.7. The average molecular weight is 254 g/mol. The van der Waals surface area contributed by atoms with E-state index in [1.165, 1.54) is 0 Å². The average Bonchev–Trinajstić information content (AvgIpc) is 2.20. The van der Waals surface area contributed by atoms with Gasteiger partial charge in [-0.2, -0.15) is 5.26 Å². The van der Waals surface area contributed by atoms with E-state index < -0.39 is 0 Å². The van der Waals surface area contributed by atoms with Crippen molar-refractivity contribution in [1.29, 1.82) is 5.26 Å². The lowest BCUT2D eigenvalue weighted by atomic mass is 10.0. The van der Waals surface area contributed by atoms with Gasteiger partial charge < -0.3 is 4.74 Å². The topological polar surface area (TPSA) is 33.0 Å². The van der Waals surface area contributed by atoms with Gasteiger partial charge in [-0.15, -0.1) is 0 Å². The van der Waals surface area contributed by atoms with Crippen LogP contribution in [-0.2, 0) is 0 Å². The standard InChI is InChI=1S/C11H12BrNO/c1-7-4-9(14-3)5-10(11(7)12)8(2)6-13/h4-5,8H,1-3H3. The van der Waals surface area contributed by atoms with Gasteiger partial charge >= 0.3 is 0 Å². The normalized spacial score (nSPS) is 11.9. The molecule has 1 unspecified atom stereocenters. The van der Waals surface area contributed by atoms with Crippen molar-refractivity contribution < 1.29 is 4.74 Å². The van der Waals surface area contributed by atoms with Crippen LogP contribution in [0.1, 0.15) is 24.0 Å². The van der Waals surface area contributed by atoms with Crippen LogP contribution in [0.15, 0.2) is 16.6 Å². The molecule has 0 radical (unpaired) electrons. The van der Waals surface area contributed by atoms with Crippen molar-refractivity contribution >= 4 is 15.9 Å². The lowest BCUT2D eigenvalue weighted by Crippen LogP contribution is -1.95. The summed E-state index contributed by atoms with van der Waals surface area (Å²) in [4.78, 5) is 0. The van der Waals surface area contributed by atoms with E-state index in [9.17, 15) is 0 Å². The molecule has 1 aromatic rings. The summed E-state index contributed by atoms with van der Waals surface area (Å²) in [5, 5.41) is 8.86. The fraction of sp³-hybridized carbons (Fsp3) is 0.364. The zero-order valence-corrected chi connectivity index (χ0v) is 10.1. The van der Waals surface area contributed by atoms with Crippen LogP contribution in [-0.4, -0.2) is 7.11 Å². The van der Waals surface area contributed by atoms with E-state index >= 15 is 0 Å². The van der Waals surface area contributed by atoms with E-state index in [0.29, 0.717) is 0 Å². The molecule has 0 aliphatic heterocycles. The highest BCUT2D eigenvalue weighted by Gasteiger charge is 2.12. The second kappa shape index (κ2) is 4.47. The van der Waals surface area contributed by atoms with Crippen LogP contribution in [0.5, 0.6) is 5.75 Å². The number of benzene rings is 1. The second-order valence-electron chi connectivity index (χ2n) is 3.20. The van der Waals surface area contributed by atoms with E-state index in [0.717, 1.165) is 21.3 Å². The highest BCUT2D eigenvalue weighted by Crippen LogP contribution is 2.31. The number of halogens is 1. The van der Waals surface area contributed by atoms with Crippen molar-refractivity contribution in [2.45, 2.75) is 19.8 Å². The Hall–Kier alpha value is -1.01. The smallest absolute Gasteiger partial charge is 0.119 e. The third kappa shape index (κ3) is 2.08. The Bertz CT molecular complexity index is 382. The van der Waals surface area contributed by atoms with Gasteiger partial charge in [-0.1, -0.05) is 15.9 Å². The molecule has 1 atom stereocenters. The van der Waals surface area contributed by atoms with Crippen molar-refractivity contribution in [2.75, 3.05) is 7.11 Å². The quantitative estimate of drug-likeness (QED) is 0.810. The third-order valence-electron chi connectivity index (χ3n) is 2.15. The van der Waals surface area contributed by atoms with Gasteiger partial charge in [0, 0.05) is 4.47 Å². The molecule has 0 N–H and O–H groups in total. The van der Waals surface area contributed by atoms with Gasteiger partial charge in [0.25, 0.3) is 0 Å². The predicted octanol–water partition coefficient (Wildman–Crippen LogP) is 3.39. The minimum absolute atomic E-state index is 0.127. The molecule has 1 rings (SSSR count). The summed E-state index contributed by atoms with van der Waals surface area (Å²) in [5.74, 6) is 0.668. The fourth-order valence-corrected chi connectivity index (χ4v) is 1.84. The van der Waals surface area contributed by atoms with Crippen LogP contribution in [0.3, 0.4) is 0 Å². The molecular formula is C11H12BrNO. The van der Waals surface area contributed by atoms with Crippen molar-refractivity contribution in [3.8, 4) is 11.8 Å². The van der Waals surface area contributed by atoms with Gasteiger partial charge in [-0.25, -0.2) is 0 Å². The van der Waals surface area contributed by atoms with Gasteiger partial charge in [-0.3, -0.25) is 0 Å². The SMILES string of the molecule is COc1cc(C)c(Br)c(C(C)C#N)c1. The predicted molar refractivity (Wildman–Crippen MR) is 59.5 cm³/mol. The van der Waals surface area contributed by atoms with Crippen LogP contribution < -0.4 is 4.74 Å². The summed E-state index contributed by atoms with van der Waals surface area (Å²) in [6.07, 6.45) is 0. The molecule has 14 heavy (non-hydrogen) atoms. The molecule has 0 fully saturated rings. The number of rotatable bonds is 2. The summed E-state index contributed by atoms with van der Waals surface area (Å²) in [6.45, 7) is 3.86. The first-order valence-electron chi connectivity index (χ1n) is 4.33. The maximum Gasteiger partial charge on any atom is 0.119 e. The maximum absolute atomic E-state index is 8.86. The number of nitrogens with zero attached hydrogens (tertiary/aromatic N) is 1. The Kier molecular flexibility index (Phi) is 3.54. The van der Waals surface area contributed by atoms with Gasteiger partial charge in [0.1, 0.15) is 5.75 Å². The largest absolute Gasteiger partial charge is 0.497 e. The molecule has 2 nitrogen and oxygen atoms in total. The van der Waals surface area contributed by atoms with Crippen molar-refractivity contribution in [3.63, 3.8) is 0 Å². The molecular weight excluding hydrogens is 242 g/mol. The molecule has 0 amide bonds. The summed E-state index contributed by atoms with van der Waals surface area (Å²) in [5.41, 5.74) is 2.06. The van der Waals surface area contributed by atoms with E-state index in [2.05, 4.69) is 22.0 Å². The number of hydrogen-bond acceptors (Lipinski definition) is 2. The summed E-state index contributed by atoms with van der Waals surface area (Å²) in [7, 11) is 1.63. The summed E-state index contributed by atoms with van der Waals surface area (Å²) >= 11 is 3.48. The molecule has 0 aliphatic rings. The number of methoxy groups -OCH3 is 1. The van der Waals surface area contributed by atoms with E-state index in [1.807, 2.05) is 26.0 Å². The van der Waals surface area contributed by atoms with Crippen LogP contribution >= 0.6 is 15.9 Å². The molecule has 0 bridgehead atoms. The number of nitriles is 1. The molecule has 0 heterocycles. The van der Waals surface area contributed by atoms with E-state index in [4.69, 9.17) is 10.00 Å². The van der Waals surface area contributed by atoms with Crippen molar-refractivity contribution in [2.24, 2.45) is 0 Å². The van der Waals surface area contributed by atoms with Crippen molar-refractivity contribution in [3.05, 3.63) is 27.7 Å². The minimum Gasteiger partial charge on any atom is -0.497 e. The van der Waals surface area contributed by atoms with Crippen LogP contribution in [0.25, 0.3) is 0 Å². The number of ether oxygens (including phenoxy) is 1. The first-order valence-corrected chi connectivity index (χ1v) is 5.13. The summed E-state index contributed by atoms with van der Waals surface area (Å²) in [6, 6.07) is 6.05. The molecule has 0 aliphatic carbocycles. The Morgan fingerprint density at radius 3 is 2.64 bits per heavy atom. The lowest BCUT2D eigenvalue weighted by Gasteiger charge is -2.11. The van der Waals surface area contributed by atoms with Gasteiger partial charge in [0.15, 0.2) is 0 Å². The molecule has 0 saturated heterocycles. The molecule has 74 valence electrons. The molecule has 0 saturated carbocycles. The number of hydrogen-bond donors (Lipinski definition) is 0. The van der Waals surface area contributed by atoms with Gasteiger partial charge in [-0.05, 0) is 37.1 Å². The third-order valence-corrected chi connectivity index (χ3v) is 3.24. The maximum atomic E-state index is 8.86. The monoisotopic (exact) mass is 253 g/mol. The molecule has 3 heteroatoms. The Labute approximate surface area is 92.6 Å². The van der Waals surface area contributed by atoms with Crippen LogP contribution in [0.4, 0.5) is 0 Å². The minimum atomic E-state index is -0.127. The fourth-order valence-electron chi connectivity index (χ4n) is 1.27. The van der Waals surface area contributed by atoms with Crippen LogP contribution in [0, 0.1) is 18.3 Å². The van der Waals surface area contributed by atoms with E-state index in [-0.39, 0.29) is 5.92 Å². The Morgan fingerprint density at radius 1 is 1.50 bits per heavy atom. The van der Waals surface area contributed by atoms with Crippen molar-refractivity contribution in [1.82, 2.24) is 0 Å². The first-order chi connectivity index (χ1) is 6.60. The second-order valence-corrected chi connectivity index (χ2v) is 3.99. The Balaban J connectivity index is 3.28. The molecule has 0 spiro atoms. The number of aryl methyl sites for hydroxylation is 1. The summed E-state index contributed by atoms with van der Waals surface area (Å²) < 4.78 is 6.15. The van der Waals surface area contributed by atoms with Crippen LogP contribution in [0.2, 0.25) is 0 Å². The Morgan fingerprint density at radius 2 is 2.14 bits per heavy atom. The lowest BCUT2D eigenvalue weighted by molar-refractivity contribution is 0.413. The highest BCUT2D eigenvalue weighted by molar-refractivity contribution is 9.10. The molecule has 0 aromatic heterocycles. The zero-order valence-electron chi connectivity index (χ0n) is 8.47.